The van der Waals surface area contributed by atoms with Crippen LogP contribution in [0.25, 0.3) is 0 Å². The molecule has 1 spiro atoms. The maximum Gasteiger partial charge on any atom is 0.322 e. The number of urea groups is 1. The van der Waals surface area contributed by atoms with Crippen LogP contribution < -0.4 is 16.4 Å². The quantitative estimate of drug-likeness (QED) is 0.505. The standard InChI is InChI=1S/C9H15N3O2/c10-5-6-1-3-9(4-2-6)7(13)11-8(14)12-9/h6H,1-5,10H2,(H2,11,12,13,14). The van der Waals surface area contributed by atoms with E-state index in [4.69, 9.17) is 5.73 Å². The van der Waals surface area contributed by atoms with Crippen LogP contribution in [0.15, 0.2) is 0 Å². The Labute approximate surface area is 82.4 Å². The molecule has 0 radical (unpaired) electrons. The maximum absolute atomic E-state index is 11.5. The molecule has 5 heteroatoms. The minimum absolute atomic E-state index is 0.169. The van der Waals surface area contributed by atoms with Crippen LogP contribution in [0.2, 0.25) is 0 Å². The van der Waals surface area contributed by atoms with E-state index in [2.05, 4.69) is 10.6 Å². The van der Waals surface area contributed by atoms with Crippen molar-refractivity contribution in [2.24, 2.45) is 11.7 Å². The molecular formula is C9H15N3O2. The number of carbonyl (C=O) groups is 2. The van der Waals surface area contributed by atoms with Crippen molar-refractivity contribution >= 4 is 11.9 Å². The number of hydrogen-bond acceptors (Lipinski definition) is 3. The molecule has 1 aliphatic heterocycles. The second kappa shape index (κ2) is 3.24. The number of imide groups is 1. The van der Waals surface area contributed by atoms with E-state index in [0.29, 0.717) is 25.3 Å². The molecule has 14 heavy (non-hydrogen) atoms. The lowest BCUT2D eigenvalue weighted by Crippen LogP contribution is -2.49. The highest BCUT2D eigenvalue weighted by atomic mass is 16.2. The SMILES string of the molecule is NCC1CCC2(CC1)NC(=O)NC2=O. The summed E-state index contributed by atoms with van der Waals surface area (Å²) < 4.78 is 0. The van der Waals surface area contributed by atoms with Gasteiger partial charge in [-0.1, -0.05) is 0 Å². The third kappa shape index (κ3) is 1.37. The Kier molecular flexibility index (Phi) is 2.19. The van der Waals surface area contributed by atoms with E-state index in [1.165, 1.54) is 0 Å². The summed E-state index contributed by atoms with van der Waals surface area (Å²) in [7, 11) is 0. The predicted molar refractivity (Wildman–Crippen MR) is 50.4 cm³/mol. The van der Waals surface area contributed by atoms with Crippen LogP contribution in [0.4, 0.5) is 4.79 Å². The van der Waals surface area contributed by atoms with Crippen LogP contribution in [0.1, 0.15) is 25.7 Å². The normalized spacial score (nSPS) is 37.1. The lowest BCUT2D eigenvalue weighted by Gasteiger charge is -2.33. The van der Waals surface area contributed by atoms with Crippen molar-refractivity contribution in [1.29, 1.82) is 0 Å². The number of carbonyl (C=O) groups excluding carboxylic acids is 2. The van der Waals surface area contributed by atoms with Crippen LogP contribution in [0, 0.1) is 5.92 Å². The molecule has 0 unspecified atom stereocenters. The molecular weight excluding hydrogens is 182 g/mol. The lowest BCUT2D eigenvalue weighted by atomic mass is 9.76. The fourth-order valence-electron chi connectivity index (χ4n) is 2.29. The lowest BCUT2D eigenvalue weighted by molar-refractivity contribution is -0.125. The second-order valence-electron chi connectivity index (χ2n) is 4.17. The van der Waals surface area contributed by atoms with Crippen molar-refractivity contribution in [2.75, 3.05) is 6.54 Å². The first-order valence-electron chi connectivity index (χ1n) is 5.00. The fourth-order valence-corrected chi connectivity index (χ4v) is 2.29. The Morgan fingerprint density at radius 3 is 2.43 bits per heavy atom. The number of amides is 3. The molecule has 2 rings (SSSR count). The highest BCUT2D eigenvalue weighted by Crippen LogP contribution is 2.33. The third-order valence-electron chi connectivity index (χ3n) is 3.31. The molecule has 1 saturated carbocycles. The average Bonchev–Trinajstić information content (AvgIpc) is 2.43. The van der Waals surface area contributed by atoms with Gasteiger partial charge in [-0.05, 0) is 38.1 Å². The number of rotatable bonds is 1. The van der Waals surface area contributed by atoms with Gasteiger partial charge in [0.25, 0.3) is 5.91 Å². The molecule has 0 aromatic heterocycles. The summed E-state index contributed by atoms with van der Waals surface area (Å²) in [4.78, 5) is 22.5. The summed E-state index contributed by atoms with van der Waals surface area (Å²) in [5.41, 5.74) is 4.94. The Balaban J connectivity index is 2.05. The Morgan fingerprint density at radius 1 is 1.36 bits per heavy atom. The molecule has 1 aliphatic carbocycles. The molecule has 78 valence electrons. The molecule has 1 saturated heterocycles. The average molecular weight is 197 g/mol. The third-order valence-corrected chi connectivity index (χ3v) is 3.31. The monoisotopic (exact) mass is 197 g/mol. The Bertz CT molecular complexity index is 269. The van der Waals surface area contributed by atoms with Gasteiger partial charge in [-0.2, -0.15) is 0 Å². The highest BCUT2D eigenvalue weighted by Gasteiger charge is 2.47. The number of hydrogen-bond donors (Lipinski definition) is 3. The second-order valence-corrected chi connectivity index (χ2v) is 4.17. The van der Waals surface area contributed by atoms with Gasteiger partial charge in [-0.25, -0.2) is 4.79 Å². The van der Waals surface area contributed by atoms with Crippen LogP contribution in [-0.2, 0) is 4.79 Å². The van der Waals surface area contributed by atoms with Crippen LogP contribution in [-0.4, -0.2) is 24.0 Å². The first-order valence-corrected chi connectivity index (χ1v) is 5.00. The van der Waals surface area contributed by atoms with E-state index in [1.807, 2.05) is 0 Å². The predicted octanol–water partition coefficient (Wildman–Crippen LogP) is -0.286. The van der Waals surface area contributed by atoms with Crippen molar-refractivity contribution in [3.63, 3.8) is 0 Å². The zero-order valence-corrected chi connectivity index (χ0v) is 8.01. The molecule has 0 aromatic carbocycles. The molecule has 0 bridgehead atoms. The van der Waals surface area contributed by atoms with Crippen molar-refractivity contribution < 1.29 is 9.59 Å². The smallest absolute Gasteiger partial charge is 0.322 e. The molecule has 3 amide bonds. The van der Waals surface area contributed by atoms with Gasteiger partial charge in [-0.3, -0.25) is 10.1 Å². The summed E-state index contributed by atoms with van der Waals surface area (Å²) in [5, 5.41) is 5.01. The number of nitrogens with two attached hydrogens (primary N) is 1. The van der Waals surface area contributed by atoms with Gasteiger partial charge < -0.3 is 11.1 Å². The summed E-state index contributed by atoms with van der Waals surface area (Å²) in [6.07, 6.45) is 3.27. The van der Waals surface area contributed by atoms with Gasteiger partial charge in [-0.15, -0.1) is 0 Å². The van der Waals surface area contributed by atoms with Crippen LogP contribution >= 0.6 is 0 Å². The number of nitrogens with one attached hydrogen (secondary N) is 2. The highest BCUT2D eigenvalue weighted by molar-refractivity contribution is 6.07. The van der Waals surface area contributed by atoms with E-state index < -0.39 is 5.54 Å². The molecule has 0 aromatic rings. The van der Waals surface area contributed by atoms with Crippen LogP contribution in [0.3, 0.4) is 0 Å². The van der Waals surface area contributed by atoms with E-state index in [9.17, 15) is 9.59 Å². The molecule has 1 heterocycles. The van der Waals surface area contributed by atoms with Crippen LogP contribution in [0.5, 0.6) is 0 Å². The van der Waals surface area contributed by atoms with Gasteiger partial charge in [0, 0.05) is 0 Å². The first kappa shape index (κ1) is 9.45. The van der Waals surface area contributed by atoms with E-state index in [1.54, 1.807) is 0 Å². The largest absolute Gasteiger partial charge is 0.330 e. The van der Waals surface area contributed by atoms with E-state index in [0.717, 1.165) is 12.8 Å². The minimum Gasteiger partial charge on any atom is -0.330 e. The van der Waals surface area contributed by atoms with Crippen molar-refractivity contribution in [3.05, 3.63) is 0 Å². The minimum atomic E-state index is -0.622. The topological polar surface area (TPSA) is 84.2 Å². The summed E-state index contributed by atoms with van der Waals surface area (Å²) >= 11 is 0. The zero-order valence-electron chi connectivity index (χ0n) is 8.01. The maximum atomic E-state index is 11.5. The Morgan fingerprint density at radius 2 is 2.00 bits per heavy atom. The van der Waals surface area contributed by atoms with Gasteiger partial charge in [0.1, 0.15) is 5.54 Å². The molecule has 5 nitrogen and oxygen atoms in total. The van der Waals surface area contributed by atoms with Gasteiger partial charge in [0.15, 0.2) is 0 Å². The van der Waals surface area contributed by atoms with E-state index >= 15 is 0 Å². The zero-order chi connectivity index (χ0) is 10.2. The summed E-state index contributed by atoms with van der Waals surface area (Å²) in [5.74, 6) is 0.337. The van der Waals surface area contributed by atoms with Crippen molar-refractivity contribution in [1.82, 2.24) is 10.6 Å². The van der Waals surface area contributed by atoms with Crippen molar-refractivity contribution in [2.45, 2.75) is 31.2 Å². The first-order chi connectivity index (χ1) is 6.66. The molecule has 4 N–H and O–H groups in total. The van der Waals surface area contributed by atoms with Gasteiger partial charge in [0.05, 0.1) is 0 Å². The van der Waals surface area contributed by atoms with Gasteiger partial charge in [0.2, 0.25) is 0 Å². The summed E-state index contributed by atoms with van der Waals surface area (Å²) in [6.45, 7) is 0.672. The van der Waals surface area contributed by atoms with E-state index in [-0.39, 0.29) is 11.9 Å². The molecule has 2 aliphatic rings. The Hall–Kier alpha value is -1.10. The summed E-state index contributed by atoms with van der Waals surface area (Å²) in [6, 6.07) is -0.360. The van der Waals surface area contributed by atoms with Crippen molar-refractivity contribution in [3.8, 4) is 0 Å². The molecule has 2 fully saturated rings. The molecule has 0 atom stereocenters. The fraction of sp³-hybridized carbons (Fsp3) is 0.778. The van der Waals surface area contributed by atoms with Gasteiger partial charge >= 0.3 is 6.03 Å².